The minimum atomic E-state index is 0.748. The molecule has 4 heteroatoms. The Bertz CT molecular complexity index is 403. The smallest absolute Gasteiger partial charge is 0.119 e. The largest absolute Gasteiger partial charge is 0.494 e. The summed E-state index contributed by atoms with van der Waals surface area (Å²) >= 11 is 0. The Morgan fingerprint density at radius 3 is 2.62 bits per heavy atom. The van der Waals surface area contributed by atoms with Crippen LogP contribution < -0.4 is 10.5 Å². The van der Waals surface area contributed by atoms with Crippen LogP contribution in [0.15, 0.2) is 24.3 Å². The van der Waals surface area contributed by atoms with E-state index in [-0.39, 0.29) is 0 Å². The van der Waals surface area contributed by atoms with Crippen molar-refractivity contribution in [3.63, 3.8) is 0 Å². The van der Waals surface area contributed by atoms with Crippen LogP contribution in [0.4, 0.5) is 5.69 Å². The van der Waals surface area contributed by atoms with Gasteiger partial charge in [-0.05, 0) is 56.7 Å². The third kappa shape index (κ3) is 4.90. The van der Waals surface area contributed by atoms with Crippen LogP contribution in [0.5, 0.6) is 5.75 Å². The van der Waals surface area contributed by atoms with Gasteiger partial charge in [0.15, 0.2) is 0 Å². The van der Waals surface area contributed by atoms with Gasteiger partial charge >= 0.3 is 0 Å². The van der Waals surface area contributed by atoms with Gasteiger partial charge in [0, 0.05) is 24.8 Å². The zero-order chi connectivity index (χ0) is 15.1. The quantitative estimate of drug-likeness (QED) is 0.590. The molecule has 0 spiro atoms. The molecule has 1 aliphatic heterocycles. The molecule has 0 aromatic heterocycles. The number of benzene rings is 1. The first-order valence-corrected chi connectivity index (χ1v) is 8.17. The fraction of sp³-hybridized carbons (Fsp3) is 0.647. The van der Waals surface area contributed by atoms with E-state index in [4.69, 9.17) is 10.5 Å². The normalized spacial score (nSPS) is 19.3. The number of likely N-dealkylation sites (tertiary alicyclic amines) is 1. The van der Waals surface area contributed by atoms with Crippen LogP contribution in [0.25, 0.3) is 0 Å². The van der Waals surface area contributed by atoms with Gasteiger partial charge in [-0.15, -0.1) is 0 Å². The van der Waals surface area contributed by atoms with Crippen LogP contribution in [-0.2, 0) is 0 Å². The summed E-state index contributed by atoms with van der Waals surface area (Å²) < 4.78 is 5.74. The fourth-order valence-electron chi connectivity index (χ4n) is 3.10. The Hall–Kier alpha value is -1.26. The summed E-state index contributed by atoms with van der Waals surface area (Å²) in [7, 11) is 0. The van der Waals surface area contributed by atoms with E-state index in [0.29, 0.717) is 0 Å². The molecule has 2 rings (SSSR count). The van der Waals surface area contributed by atoms with Gasteiger partial charge in [0.25, 0.3) is 0 Å². The van der Waals surface area contributed by atoms with Gasteiger partial charge in [0.1, 0.15) is 5.75 Å². The Kier molecular flexibility index (Phi) is 6.33. The number of hydrogen-bond acceptors (Lipinski definition) is 4. The summed E-state index contributed by atoms with van der Waals surface area (Å²) in [4.78, 5) is 5.14. The highest BCUT2D eigenvalue weighted by atomic mass is 16.5. The van der Waals surface area contributed by atoms with Crippen molar-refractivity contribution < 1.29 is 4.74 Å². The molecule has 21 heavy (non-hydrogen) atoms. The van der Waals surface area contributed by atoms with E-state index >= 15 is 0 Å². The third-order valence-electron chi connectivity index (χ3n) is 4.34. The molecule has 1 atom stereocenters. The molecule has 1 aromatic carbocycles. The van der Waals surface area contributed by atoms with E-state index in [2.05, 4.69) is 23.6 Å². The summed E-state index contributed by atoms with van der Waals surface area (Å²) in [5, 5.41) is 0. The Balaban J connectivity index is 1.62. The zero-order valence-electron chi connectivity index (χ0n) is 13.4. The van der Waals surface area contributed by atoms with Crippen LogP contribution in [0, 0.1) is 0 Å². The van der Waals surface area contributed by atoms with Crippen LogP contribution in [-0.4, -0.2) is 55.2 Å². The molecule has 4 nitrogen and oxygen atoms in total. The van der Waals surface area contributed by atoms with E-state index in [1.807, 2.05) is 24.3 Å². The minimum absolute atomic E-state index is 0.748. The van der Waals surface area contributed by atoms with E-state index in [0.717, 1.165) is 50.1 Å². The number of ether oxygens (including phenoxy) is 1. The van der Waals surface area contributed by atoms with Crippen molar-refractivity contribution in [2.75, 3.05) is 45.1 Å². The molecule has 0 saturated carbocycles. The maximum Gasteiger partial charge on any atom is 0.119 e. The summed E-state index contributed by atoms with van der Waals surface area (Å²) in [5.41, 5.74) is 6.44. The number of nitrogens with two attached hydrogens (primary N) is 1. The molecule has 1 unspecified atom stereocenters. The SMILES string of the molecule is CCN(CC)C1CCN(CCCOc2ccc(N)cc2)C1. The zero-order valence-corrected chi connectivity index (χ0v) is 13.4. The molecule has 0 amide bonds. The molecular formula is C17H29N3O. The number of anilines is 1. The van der Waals surface area contributed by atoms with Crippen molar-refractivity contribution in [3.05, 3.63) is 24.3 Å². The highest BCUT2D eigenvalue weighted by Gasteiger charge is 2.25. The summed E-state index contributed by atoms with van der Waals surface area (Å²) in [6, 6.07) is 8.37. The first kappa shape index (κ1) is 16.1. The van der Waals surface area contributed by atoms with Gasteiger partial charge in [-0.25, -0.2) is 0 Å². The molecule has 2 N–H and O–H groups in total. The number of nitrogens with zero attached hydrogens (tertiary/aromatic N) is 2. The predicted octanol–water partition coefficient (Wildman–Crippen LogP) is 2.45. The van der Waals surface area contributed by atoms with E-state index < -0.39 is 0 Å². The predicted molar refractivity (Wildman–Crippen MR) is 88.7 cm³/mol. The molecule has 0 bridgehead atoms. The van der Waals surface area contributed by atoms with E-state index in [1.54, 1.807) is 0 Å². The Labute approximate surface area is 128 Å². The fourth-order valence-corrected chi connectivity index (χ4v) is 3.10. The van der Waals surface area contributed by atoms with Gasteiger partial charge in [0.2, 0.25) is 0 Å². The lowest BCUT2D eigenvalue weighted by Crippen LogP contribution is -2.37. The van der Waals surface area contributed by atoms with Crippen LogP contribution >= 0.6 is 0 Å². The molecule has 1 fully saturated rings. The average molecular weight is 291 g/mol. The number of nitrogen functional groups attached to an aromatic ring is 1. The Morgan fingerprint density at radius 2 is 1.95 bits per heavy atom. The summed E-state index contributed by atoms with van der Waals surface area (Å²) in [6.07, 6.45) is 2.38. The van der Waals surface area contributed by atoms with Crippen LogP contribution in [0.3, 0.4) is 0 Å². The van der Waals surface area contributed by atoms with Crippen molar-refractivity contribution in [1.29, 1.82) is 0 Å². The molecule has 118 valence electrons. The molecule has 1 aromatic rings. The van der Waals surface area contributed by atoms with E-state index in [9.17, 15) is 0 Å². The van der Waals surface area contributed by atoms with Crippen molar-refractivity contribution in [3.8, 4) is 5.75 Å². The topological polar surface area (TPSA) is 41.7 Å². The lowest BCUT2D eigenvalue weighted by molar-refractivity contribution is 0.205. The summed E-state index contributed by atoms with van der Waals surface area (Å²) in [5.74, 6) is 0.909. The van der Waals surface area contributed by atoms with Gasteiger partial charge in [0.05, 0.1) is 6.61 Å². The first-order chi connectivity index (χ1) is 10.2. The van der Waals surface area contributed by atoms with E-state index in [1.165, 1.54) is 19.5 Å². The van der Waals surface area contributed by atoms with Gasteiger partial charge in [-0.2, -0.15) is 0 Å². The molecular weight excluding hydrogens is 262 g/mol. The van der Waals surface area contributed by atoms with Gasteiger partial charge < -0.3 is 15.4 Å². The van der Waals surface area contributed by atoms with Gasteiger partial charge in [-0.1, -0.05) is 13.8 Å². The average Bonchev–Trinajstić information content (AvgIpc) is 2.96. The number of likely N-dealkylation sites (N-methyl/N-ethyl adjacent to an activating group) is 1. The lowest BCUT2D eigenvalue weighted by atomic mass is 10.2. The monoisotopic (exact) mass is 291 g/mol. The van der Waals surface area contributed by atoms with Crippen molar-refractivity contribution in [1.82, 2.24) is 9.80 Å². The highest BCUT2D eigenvalue weighted by molar-refractivity contribution is 5.41. The maximum absolute atomic E-state index is 5.74. The molecule has 0 aliphatic carbocycles. The molecule has 0 radical (unpaired) electrons. The second kappa shape index (κ2) is 8.25. The van der Waals surface area contributed by atoms with Crippen LogP contribution in [0.1, 0.15) is 26.7 Å². The van der Waals surface area contributed by atoms with Crippen molar-refractivity contribution >= 4 is 5.69 Å². The van der Waals surface area contributed by atoms with Crippen LogP contribution in [0.2, 0.25) is 0 Å². The van der Waals surface area contributed by atoms with Gasteiger partial charge in [-0.3, -0.25) is 4.90 Å². The standard InChI is InChI=1S/C17H29N3O/c1-3-20(4-2)16-10-12-19(14-16)11-5-13-21-17-8-6-15(18)7-9-17/h6-9,16H,3-5,10-14,18H2,1-2H3. The maximum atomic E-state index is 5.74. The minimum Gasteiger partial charge on any atom is -0.494 e. The number of rotatable bonds is 8. The molecule has 1 aliphatic rings. The Morgan fingerprint density at radius 1 is 1.24 bits per heavy atom. The molecule has 1 heterocycles. The summed E-state index contributed by atoms with van der Waals surface area (Å²) in [6.45, 7) is 11.2. The second-order valence-corrected chi connectivity index (χ2v) is 5.74. The van der Waals surface area contributed by atoms with Crippen molar-refractivity contribution in [2.45, 2.75) is 32.7 Å². The first-order valence-electron chi connectivity index (χ1n) is 8.17. The number of hydrogen-bond donors (Lipinski definition) is 1. The molecule has 1 saturated heterocycles. The second-order valence-electron chi connectivity index (χ2n) is 5.74. The van der Waals surface area contributed by atoms with Crippen molar-refractivity contribution in [2.24, 2.45) is 0 Å². The lowest BCUT2D eigenvalue weighted by Gasteiger charge is -2.26. The highest BCUT2D eigenvalue weighted by Crippen LogP contribution is 2.16. The third-order valence-corrected chi connectivity index (χ3v) is 4.34.